The van der Waals surface area contributed by atoms with E-state index < -0.39 is 0 Å². The van der Waals surface area contributed by atoms with Crippen molar-refractivity contribution in [3.63, 3.8) is 0 Å². The molecule has 1 aromatic carbocycles. The first-order chi connectivity index (χ1) is 10.1. The second kappa shape index (κ2) is 5.62. The molecule has 0 saturated carbocycles. The van der Waals surface area contributed by atoms with Crippen LogP contribution < -0.4 is 5.56 Å². The van der Waals surface area contributed by atoms with Crippen LogP contribution in [0.3, 0.4) is 0 Å². The summed E-state index contributed by atoms with van der Waals surface area (Å²) in [6.07, 6.45) is 1.44. The van der Waals surface area contributed by atoms with E-state index in [4.69, 9.17) is 0 Å². The van der Waals surface area contributed by atoms with Gasteiger partial charge in [-0.3, -0.25) is 9.69 Å². The maximum absolute atomic E-state index is 12.1. The highest BCUT2D eigenvalue weighted by atomic mass is 16.3. The lowest BCUT2D eigenvalue weighted by molar-refractivity contribution is 0.0132. The van der Waals surface area contributed by atoms with Crippen molar-refractivity contribution in [3.05, 3.63) is 45.9 Å². The van der Waals surface area contributed by atoms with E-state index in [1.54, 1.807) is 0 Å². The Balaban J connectivity index is 1.82. The monoisotopic (exact) mass is 286 g/mol. The van der Waals surface area contributed by atoms with Gasteiger partial charge in [0.05, 0.1) is 0 Å². The van der Waals surface area contributed by atoms with Gasteiger partial charge in [0.25, 0.3) is 5.56 Å². The number of aliphatic hydroxyl groups is 1. The molecule has 1 fully saturated rings. The molecule has 0 aliphatic carbocycles. The van der Waals surface area contributed by atoms with Gasteiger partial charge < -0.3 is 10.1 Å². The molecule has 2 aromatic rings. The molecule has 2 atom stereocenters. The number of pyridine rings is 1. The minimum absolute atomic E-state index is 0.0264. The van der Waals surface area contributed by atoms with Crippen molar-refractivity contribution in [1.82, 2.24) is 9.88 Å². The summed E-state index contributed by atoms with van der Waals surface area (Å²) in [5, 5.41) is 11.8. The number of aliphatic hydroxyl groups excluding tert-OH is 1. The van der Waals surface area contributed by atoms with Crippen LogP contribution in [0.4, 0.5) is 0 Å². The predicted octanol–water partition coefficient (Wildman–Crippen LogP) is 2.04. The number of nitrogens with one attached hydrogen (secondary N) is 1. The van der Waals surface area contributed by atoms with Gasteiger partial charge in [0, 0.05) is 30.6 Å². The summed E-state index contributed by atoms with van der Waals surface area (Å²) in [6.45, 7) is 5.81. The highest BCUT2D eigenvalue weighted by Gasteiger charge is 2.28. The Bertz CT molecular complexity index is 707. The first kappa shape index (κ1) is 14.3. The zero-order valence-corrected chi connectivity index (χ0v) is 12.6. The van der Waals surface area contributed by atoms with Crippen molar-refractivity contribution in [2.45, 2.75) is 32.9 Å². The number of likely N-dealkylation sites (tertiary alicyclic amines) is 1. The topological polar surface area (TPSA) is 56.3 Å². The van der Waals surface area contributed by atoms with Gasteiger partial charge in [-0.15, -0.1) is 0 Å². The zero-order valence-electron chi connectivity index (χ0n) is 12.6. The maximum atomic E-state index is 12.1. The molecule has 1 aromatic heterocycles. The normalized spacial score (nSPS) is 23.0. The molecule has 1 aliphatic heterocycles. The maximum Gasteiger partial charge on any atom is 0.256 e. The van der Waals surface area contributed by atoms with Crippen LogP contribution >= 0.6 is 0 Å². The van der Waals surface area contributed by atoms with Crippen molar-refractivity contribution < 1.29 is 5.11 Å². The lowest BCUT2D eigenvalue weighted by Gasteiger charge is -2.21. The quantitative estimate of drug-likeness (QED) is 0.908. The summed E-state index contributed by atoms with van der Waals surface area (Å²) in [5.41, 5.74) is 2.03. The van der Waals surface area contributed by atoms with Gasteiger partial charge in [-0.1, -0.05) is 19.1 Å². The molecule has 1 saturated heterocycles. The van der Waals surface area contributed by atoms with E-state index in [0.29, 0.717) is 5.92 Å². The predicted molar refractivity (Wildman–Crippen MR) is 84.4 cm³/mol. The zero-order chi connectivity index (χ0) is 15.0. The third-order valence-electron chi connectivity index (χ3n) is 4.58. The fourth-order valence-electron chi connectivity index (χ4n) is 3.15. The van der Waals surface area contributed by atoms with E-state index >= 15 is 0 Å². The van der Waals surface area contributed by atoms with E-state index in [-0.39, 0.29) is 11.8 Å². The number of nitrogens with zero attached hydrogens (tertiary/aromatic N) is 1. The van der Waals surface area contributed by atoms with Crippen LogP contribution in [-0.2, 0) is 6.42 Å². The Hall–Kier alpha value is -1.65. The molecular formula is C17H22N2O2. The van der Waals surface area contributed by atoms with E-state index in [2.05, 4.69) is 22.9 Å². The number of hydrogen-bond donors (Lipinski definition) is 2. The van der Waals surface area contributed by atoms with Crippen LogP contribution in [0.1, 0.15) is 24.6 Å². The molecule has 0 bridgehead atoms. The lowest BCUT2D eigenvalue weighted by atomic mass is 10.1. The smallest absolute Gasteiger partial charge is 0.256 e. The minimum Gasteiger partial charge on any atom is -0.378 e. The van der Waals surface area contributed by atoms with Gasteiger partial charge in [-0.25, -0.2) is 0 Å². The summed E-state index contributed by atoms with van der Waals surface area (Å²) < 4.78 is 0. The van der Waals surface area contributed by atoms with Crippen LogP contribution in [-0.4, -0.2) is 34.3 Å². The summed E-state index contributed by atoms with van der Waals surface area (Å²) in [5.74, 6) is 0.336. The van der Waals surface area contributed by atoms with Gasteiger partial charge in [0.1, 0.15) is 6.23 Å². The van der Waals surface area contributed by atoms with Crippen LogP contribution in [0, 0.1) is 12.8 Å². The van der Waals surface area contributed by atoms with E-state index in [1.807, 2.05) is 25.1 Å². The standard InChI is InChI=1S/C17H22N2O2/c1-11-4-3-5-14-15(11)10-13(18-16(14)20)7-9-19-8-6-12(2)17(19)21/h3-5,10,12,17,21H,6-9H2,1-2H3,(H,18,20)/t12-,17?/m0/s1. The Kier molecular flexibility index (Phi) is 3.83. The van der Waals surface area contributed by atoms with Crippen molar-refractivity contribution >= 4 is 10.8 Å². The first-order valence-corrected chi connectivity index (χ1v) is 7.60. The number of H-pyrrole nitrogens is 1. The highest BCUT2D eigenvalue weighted by molar-refractivity contribution is 5.84. The summed E-state index contributed by atoms with van der Waals surface area (Å²) >= 11 is 0. The molecule has 21 heavy (non-hydrogen) atoms. The minimum atomic E-state index is -0.348. The van der Waals surface area contributed by atoms with Crippen molar-refractivity contribution in [2.75, 3.05) is 13.1 Å². The molecule has 0 radical (unpaired) electrons. The van der Waals surface area contributed by atoms with Gasteiger partial charge in [-0.2, -0.15) is 0 Å². The van der Waals surface area contributed by atoms with Gasteiger partial charge in [0.15, 0.2) is 0 Å². The van der Waals surface area contributed by atoms with Gasteiger partial charge in [-0.05, 0) is 42.3 Å². The first-order valence-electron chi connectivity index (χ1n) is 7.60. The Labute approximate surface area is 124 Å². The van der Waals surface area contributed by atoms with E-state index in [9.17, 15) is 9.90 Å². The Morgan fingerprint density at radius 2 is 2.19 bits per heavy atom. The van der Waals surface area contributed by atoms with Crippen LogP contribution in [0.25, 0.3) is 10.8 Å². The number of fused-ring (bicyclic) bond motifs is 1. The van der Waals surface area contributed by atoms with Crippen molar-refractivity contribution in [2.24, 2.45) is 5.92 Å². The Morgan fingerprint density at radius 3 is 2.90 bits per heavy atom. The fourth-order valence-corrected chi connectivity index (χ4v) is 3.15. The van der Waals surface area contributed by atoms with Crippen molar-refractivity contribution in [3.8, 4) is 0 Å². The average Bonchev–Trinajstić information content (AvgIpc) is 2.78. The molecule has 4 nitrogen and oxygen atoms in total. The molecule has 1 unspecified atom stereocenters. The van der Waals surface area contributed by atoms with Gasteiger partial charge >= 0.3 is 0 Å². The van der Waals surface area contributed by atoms with Crippen LogP contribution in [0.15, 0.2) is 29.1 Å². The molecule has 4 heteroatoms. The second-order valence-corrected chi connectivity index (χ2v) is 6.13. The number of aromatic nitrogens is 1. The molecule has 3 rings (SSSR count). The Morgan fingerprint density at radius 1 is 1.38 bits per heavy atom. The molecule has 2 heterocycles. The molecular weight excluding hydrogens is 264 g/mol. The molecule has 1 aliphatic rings. The number of aryl methyl sites for hydroxylation is 1. The number of rotatable bonds is 3. The van der Waals surface area contributed by atoms with Crippen LogP contribution in [0.5, 0.6) is 0 Å². The average molecular weight is 286 g/mol. The van der Waals surface area contributed by atoms with E-state index in [1.165, 1.54) is 0 Å². The number of benzene rings is 1. The third-order valence-corrected chi connectivity index (χ3v) is 4.58. The lowest BCUT2D eigenvalue weighted by Crippen LogP contribution is -2.33. The molecule has 2 N–H and O–H groups in total. The van der Waals surface area contributed by atoms with E-state index in [0.717, 1.165) is 48.0 Å². The summed E-state index contributed by atoms with van der Waals surface area (Å²) in [6, 6.07) is 7.86. The van der Waals surface area contributed by atoms with Crippen LogP contribution in [0.2, 0.25) is 0 Å². The SMILES string of the molecule is Cc1cccc2c(=O)[nH]c(CCN3CC[C@H](C)C3O)cc12. The number of hydrogen-bond acceptors (Lipinski definition) is 3. The molecule has 112 valence electrons. The van der Waals surface area contributed by atoms with Gasteiger partial charge in [0.2, 0.25) is 0 Å². The molecule has 0 amide bonds. The fraction of sp³-hybridized carbons (Fsp3) is 0.471. The van der Waals surface area contributed by atoms with Crippen molar-refractivity contribution in [1.29, 1.82) is 0 Å². The highest BCUT2D eigenvalue weighted by Crippen LogP contribution is 2.22. The largest absolute Gasteiger partial charge is 0.378 e. The summed E-state index contributed by atoms with van der Waals surface area (Å²) in [4.78, 5) is 17.2. The summed E-state index contributed by atoms with van der Waals surface area (Å²) in [7, 11) is 0. The second-order valence-electron chi connectivity index (χ2n) is 6.13. The third kappa shape index (κ3) is 2.74. The molecule has 0 spiro atoms. The number of aromatic amines is 1.